The van der Waals surface area contributed by atoms with Gasteiger partial charge >= 0.3 is 0 Å². The van der Waals surface area contributed by atoms with Crippen LogP contribution in [0.1, 0.15) is 25.1 Å². The quantitative estimate of drug-likeness (QED) is 0.359. The molecule has 1 N–H and O–H groups in total. The minimum absolute atomic E-state index is 0.964. The van der Waals surface area contributed by atoms with Gasteiger partial charge in [-0.1, -0.05) is 63.4 Å². The van der Waals surface area contributed by atoms with Gasteiger partial charge in [0.1, 0.15) is 0 Å². The van der Waals surface area contributed by atoms with Crippen molar-refractivity contribution in [1.29, 1.82) is 0 Å². The van der Waals surface area contributed by atoms with Crippen molar-refractivity contribution in [2.24, 2.45) is 0 Å². The first-order valence-corrected chi connectivity index (χ1v) is 12.2. The summed E-state index contributed by atoms with van der Waals surface area (Å²) in [6.07, 6.45) is 8.60. The van der Waals surface area contributed by atoms with E-state index in [1.54, 1.807) is 0 Å². The van der Waals surface area contributed by atoms with Gasteiger partial charge in [0.15, 0.2) is 0 Å². The smallest absolute Gasteiger partial charge is 0.0544 e. The molecule has 28 heavy (non-hydrogen) atoms. The van der Waals surface area contributed by atoms with E-state index in [0.717, 1.165) is 11.3 Å². The molecule has 0 aliphatic carbocycles. The van der Waals surface area contributed by atoms with E-state index in [1.165, 1.54) is 42.6 Å². The molecule has 1 aliphatic rings. The number of aromatic amines is 1. The minimum Gasteiger partial charge on any atom is -0.354 e. The van der Waals surface area contributed by atoms with Gasteiger partial charge in [0.2, 0.25) is 0 Å². The summed E-state index contributed by atoms with van der Waals surface area (Å²) in [5.41, 5.74) is 6.11. The van der Waals surface area contributed by atoms with Crippen molar-refractivity contribution < 1.29 is 0 Å². The lowest BCUT2D eigenvalue weighted by atomic mass is 9.99. The van der Waals surface area contributed by atoms with Crippen molar-refractivity contribution in [2.75, 3.05) is 12.5 Å². The number of hydrogen-bond donors (Lipinski definition) is 1. The molecule has 2 heterocycles. The molecular weight excluding hydrogens is 358 g/mol. The summed E-state index contributed by atoms with van der Waals surface area (Å²) in [5, 5.41) is 3.77. The third-order valence-corrected chi connectivity index (χ3v) is 8.54. The predicted octanol–water partition coefficient (Wildman–Crippen LogP) is 8.10. The first-order valence-electron chi connectivity index (χ1n) is 9.76. The molecule has 0 saturated carbocycles. The molecular formula is C26H27NS. The number of H-pyrrole nitrogens is 1. The Morgan fingerprint density at radius 2 is 1.57 bits per heavy atom. The average molecular weight is 386 g/mol. The number of nitrogens with one attached hydrogen (secondary N) is 1. The Labute approximate surface area is 169 Å². The Hall–Kier alpha value is -2.71. The Morgan fingerprint density at radius 1 is 0.821 bits per heavy atom. The number of rotatable bonds is 2. The molecule has 0 radical (unpaired) electrons. The SMILES string of the molecule is C=Cc1[nH]c2c(ccc3cc4c(cc32)-c2ccccc2S4(C)C)c1C=C.CC. The molecule has 1 nitrogen and oxygen atoms in total. The van der Waals surface area contributed by atoms with E-state index in [9.17, 15) is 0 Å². The molecule has 0 atom stereocenters. The van der Waals surface area contributed by atoms with Crippen LogP contribution in [-0.2, 0) is 0 Å². The fourth-order valence-corrected chi connectivity index (χ4v) is 6.85. The van der Waals surface area contributed by atoms with Crippen LogP contribution in [0.25, 0.3) is 45.0 Å². The highest BCUT2D eigenvalue weighted by Crippen LogP contribution is 2.67. The van der Waals surface area contributed by atoms with Gasteiger partial charge in [-0.3, -0.25) is 0 Å². The Bertz CT molecular complexity index is 1240. The molecule has 0 amide bonds. The zero-order chi connectivity index (χ0) is 20.1. The predicted molar refractivity (Wildman–Crippen MR) is 129 cm³/mol. The van der Waals surface area contributed by atoms with Crippen LogP contribution in [0.5, 0.6) is 0 Å². The van der Waals surface area contributed by atoms with Crippen LogP contribution in [0, 0.1) is 0 Å². The van der Waals surface area contributed by atoms with Gasteiger partial charge < -0.3 is 4.98 Å². The first-order chi connectivity index (χ1) is 13.6. The van der Waals surface area contributed by atoms with Crippen LogP contribution in [0.3, 0.4) is 0 Å². The van der Waals surface area contributed by atoms with E-state index in [2.05, 4.69) is 79.2 Å². The number of benzene rings is 3. The van der Waals surface area contributed by atoms with Crippen LogP contribution in [0.2, 0.25) is 0 Å². The summed E-state index contributed by atoms with van der Waals surface area (Å²) in [5.74, 6) is 0. The summed E-state index contributed by atoms with van der Waals surface area (Å²) in [6, 6.07) is 18.1. The van der Waals surface area contributed by atoms with E-state index < -0.39 is 10.0 Å². The van der Waals surface area contributed by atoms with E-state index in [1.807, 2.05) is 26.0 Å². The highest BCUT2D eigenvalue weighted by Gasteiger charge is 2.31. The van der Waals surface area contributed by atoms with Gasteiger partial charge in [0.05, 0.1) is 5.52 Å². The molecule has 0 spiro atoms. The van der Waals surface area contributed by atoms with Crippen molar-refractivity contribution in [2.45, 2.75) is 23.6 Å². The van der Waals surface area contributed by atoms with Gasteiger partial charge in [-0.25, -0.2) is 0 Å². The molecule has 3 aromatic carbocycles. The second-order valence-corrected chi connectivity index (χ2v) is 10.8. The molecule has 0 saturated heterocycles. The molecule has 1 aromatic heterocycles. The lowest BCUT2D eigenvalue weighted by Gasteiger charge is -2.28. The molecule has 142 valence electrons. The van der Waals surface area contributed by atoms with Crippen LogP contribution in [0.15, 0.2) is 71.5 Å². The highest BCUT2D eigenvalue weighted by atomic mass is 32.3. The Kier molecular flexibility index (Phi) is 4.47. The van der Waals surface area contributed by atoms with E-state index in [4.69, 9.17) is 0 Å². The molecule has 0 fully saturated rings. The minimum atomic E-state index is -0.964. The topological polar surface area (TPSA) is 15.8 Å². The zero-order valence-electron chi connectivity index (χ0n) is 17.1. The van der Waals surface area contributed by atoms with Crippen molar-refractivity contribution >= 4 is 43.9 Å². The van der Waals surface area contributed by atoms with Crippen molar-refractivity contribution in [1.82, 2.24) is 4.98 Å². The van der Waals surface area contributed by atoms with Gasteiger partial charge in [0.25, 0.3) is 0 Å². The molecule has 5 rings (SSSR count). The van der Waals surface area contributed by atoms with Crippen molar-refractivity contribution in [3.63, 3.8) is 0 Å². The maximum Gasteiger partial charge on any atom is 0.0544 e. The molecule has 0 unspecified atom stereocenters. The molecule has 1 aliphatic heterocycles. The highest BCUT2D eigenvalue weighted by molar-refractivity contribution is 8.33. The monoisotopic (exact) mass is 385 g/mol. The van der Waals surface area contributed by atoms with Crippen molar-refractivity contribution in [3.8, 4) is 11.1 Å². The summed E-state index contributed by atoms with van der Waals surface area (Å²) in [7, 11) is -0.964. The van der Waals surface area contributed by atoms with Crippen molar-refractivity contribution in [3.05, 3.63) is 72.9 Å². The van der Waals surface area contributed by atoms with Crippen LogP contribution in [-0.4, -0.2) is 17.5 Å². The maximum absolute atomic E-state index is 3.98. The van der Waals surface area contributed by atoms with Crippen LogP contribution < -0.4 is 0 Å². The summed E-state index contributed by atoms with van der Waals surface area (Å²) in [4.78, 5) is 6.54. The number of fused-ring (bicyclic) bond motifs is 6. The second-order valence-electron chi connectivity index (χ2n) is 7.24. The van der Waals surface area contributed by atoms with Crippen LogP contribution >= 0.6 is 10.0 Å². The lowest BCUT2D eigenvalue weighted by Crippen LogP contribution is -1.92. The lowest BCUT2D eigenvalue weighted by molar-refractivity contribution is 1.43. The van der Waals surface area contributed by atoms with Crippen LogP contribution in [0.4, 0.5) is 0 Å². The van der Waals surface area contributed by atoms with E-state index in [0.29, 0.717) is 0 Å². The zero-order valence-corrected chi connectivity index (χ0v) is 17.9. The molecule has 4 aromatic rings. The Morgan fingerprint density at radius 3 is 2.29 bits per heavy atom. The fourth-order valence-electron chi connectivity index (χ4n) is 4.32. The van der Waals surface area contributed by atoms with Gasteiger partial charge in [-0.15, -0.1) is 0 Å². The third kappa shape index (κ3) is 2.41. The van der Waals surface area contributed by atoms with E-state index in [-0.39, 0.29) is 0 Å². The summed E-state index contributed by atoms with van der Waals surface area (Å²) >= 11 is 0. The fraction of sp³-hybridized carbons (Fsp3) is 0.154. The molecule has 0 bridgehead atoms. The van der Waals surface area contributed by atoms with Gasteiger partial charge in [-0.05, 0) is 53.3 Å². The number of hydrogen-bond acceptors (Lipinski definition) is 0. The van der Waals surface area contributed by atoms with Gasteiger partial charge in [-0.2, -0.15) is 10.0 Å². The largest absolute Gasteiger partial charge is 0.354 e. The average Bonchev–Trinajstić information content (AvgIpc) is 3.21. The number of aromatic nitrogens is 1. The van der Waals surface area contributed by atoms with Gasteiger partial charge in [0, 0.05) is 31.8 Å². The first kappa shape index (κ1) is 18.6. The standard InChI is InChI=1S/C24H21NS.C2H6/c1-5-16-18-12-11-15-13-23-20(14-19(15)24(18)25-21(16)6-2)17-9-7-8-10-22(17)26(23,3)4;1-2/h5-14,25H,1-2H2,3-4H3;1-2H3. The molecule has 2 heteroatoms. The van der Waals surface area contributed by atoms with E-state index >= 15 is 0 Å². The Balaban J connectivity index is 0.000000932. The second kappa shape index (κ2) is 6.72. The maximum atomic E-state index is 3.98. The summed E-state index contributed by atoms with van der Waals surface area (Å²) < 4.78 is 0. The normalized spacial score (nSPS) is 14.7. The third-order valence-electron chi connectivity index (χ3n) is 5.65. The summed E-state index contributed by atoms with van der Waals surface area (Å²) in [6.45, 7) is 11.9.